The van der Waals surface area contributed by atoms with Crippen LogP contribution < -0.4 is 5.32 Å². The molecule has 0 aromatic rings. The largest absolute Gasteiger partial charge is 0.468 e. The molecule has 4 nitrogen and oxygen atoms in total. The summed E-state index contributed by atoms with van der Waals surface area (Å²) < 4.78 is 9.70. The number of esters is 1. The molecule has 1 N–H and O–H groups in total. The molecule has 0 aromatic carbocycles. The number of hydrogen-bond donors (Lipinski definition) is 1. The van der Waals surface area contributed by atoms with Gasteiger partial charge < -0.3 is 9.47 Å². The summed E-state index contributed by atoms with van der Waals surface area (Å²) >= 11 is 0. The molecule has 4 heteroatoms. The van der Waals surface area contributed by atoms with Gasteiger partial charge in [-0.1, -0.05) is 0 Å². The Labute approximate surface area is 72.2 Å². The van der Waals surface area contributed by atoms with E-state index in [1.807, 2.05) is 0 Å². The van der Waals surface area contributed by atoms with E-state index in [1.165, 1.54) is 7.11 Å². The van der Waals surface area contributed by atoms with Gasteiger partial charge in [-0.2, -0.15) is 0 Å². The maximum absolute atomic E-state index is 11.4. The molecule has 0 aliphatic carbocycles. The predicted molar refractivity (Wildman–Crippen MR) is 43.9 cm³/mol. The molecule has 1 atom stereocenters. The maximum atomic E-state index is 11.4. The van der Waals surface area contributed by atoms with Crippen molar-refractivity contribution in [3.8, 4) is 0 Å². The molecule has 0 radical (unpaired) electrons. The molecule has 1 saturated heterocycles. The van der Waals surface area contributed by atoms with Crippen LogP contribution in [-0.4, -0.2) is 38.9 Å². The molecule has 0 spiro atoms. The Bertz CT molecular complexity index is 164. The third-order valence-electron chi connectivity index (χ3n) is 2.21. The van der Waals surface area contributed by atoms with E-state index >= 15 is 0 Å². The highest BCUT2D eigenvalue weighted by Gasteiger charge is 2.42. The first-order chi connectivity index (χ1) is 5.75. The van der Waals surface area contributed by atoms with Gasteiger partial charge in [0.2, 0.25) is 0 Å². The van der Waals surface area contributed by atoms with Gasteiger partial charge in [-0.3, -0.25) is 5.32 Å². The van der Waals surface area contributed by atoms with Crippen molar-refractivity contribution in [3.05, 3.63) is 0 Å². The Morgan fingerprint density at radius 2 is 2.33 bits per heavy atom. The summed E-state index contributed by atoms with van der Waals surface area (Å²) in [5.41, 5.74) is -0.580. The summed E-state index contributed by atoms with van der Waals surface area (Å²) in [5, 5.41) is 3.12. The topological polar surface area (TPSA) is 47.6 Å². The van der Waals surface area contributed by atoms with E-state index in [0.29, 0.717) is 6.61 Å². The molecule has 70 valence electrons. The highest BCUT2D eigenvalue weighted by molar-refractivity contribution is 5.81. The molecular weight excluding hydrogens is 158 g/mol. The highest BCUT2D eigenvalue weighted by Crippen LogP contribution is 2.20. The quantitative estimate of drug-likeness (QED) is 0.607. The molecule has 1 aliphatic heterocycles. The fraction of sp³-hybridized carbons (Fsp3) is 0.875. The molecule has 1 aliphatic rings. The zero-order valence-corrected chi connectivity index (χ0v) is 7.55. The van der Waals surface area contributed by atoms with Crippen molar-refractivity contribution in [2.24, 2.45) is 0 Å². The first-order valence-corrected chi connectivity index (χ1v) is 4.07. The highest BCUT2D eigenvalue weighted by atomic mass is 16.5. The van der Waals surface area contributed by atoms with E-state index in [1.54, 1.807) is 7.11 Å². The van der Waals surface area contributed by atoms with Gasteiger partial charge in [0.25, 0.3) is 0 Å². The second-order valence-electron chi connectivity index (χ2n) is 3.04. The standard InChI is InChI=1S/C8H15NO3/c1-11-6-8(7(10)12-2)4-3-5-9-8/h9H,3-6H2,1-2H3/t8-/m1/s1. The van der Waals surface area contributed by atoms with Gasteiger partial charge in [-0.05, 0) is 19.4 Å². The average molecular weight is 173 g/mol. The van der Waals surface area contributed by atoms with Gasteiger partial charge in [-0.15, -0.1) is 0 Å². The van der Waals surface area contributed by atoms with Crippen LogP contribution in [0.4, 0.5) is 0 Å². The van der Waals surface area contributed by atoms with Crippen molar-refractivity contribution in [2.75, 3.05) is 27.4 Å². The molecule has 0 bridgehead atoms. The number of rotatable bonds is 3. The van der Waals surface area contributed by atoms with E-state index in [4.69, 9.17) is 9.47 Å². The molecule has 0 aromatic heterocycles. The van der Waals surface area contributed by atoms with Crippen molar-refractivity contribution < 1.29 is 14.3 Å². The van der Waals surface area contributed by atoms with Crippen molar-refractivity contribution >= 4 is 5.97 Å². The fourth-order valence-electron chi connectivity index (χ4n) is 1.60. The van der Waals surface area contributed by atoms with Gasteiger partial charge in [0.15, 0.2) is 0 Å². The molecule has 12 heavy (non-hydrogen) atoms. The van der Waals surface area contributed by atoms with Gasteiger partial charge in [-0.25, -0.2) is 4.79 Å². The van der Waals surface area contributed by atoms with Crippen molar-refractivity contribution in [3.63, 3.8) is 0 Å². The average Bonchev–Trinajstić information content (AvgIpc) is 2.53. The van der Waals surface area contributed by atoms with Crippen LogP contribution in [-0.2, 0) is 14.3 Å². The van der Waals surface area contributed by atoms with Crippen LogP contribution in [0.2, 0.25) is 0 Å². The Hall–Kier alpha value is -0.610. The summed E-state index contributed by atoms with van der Waals surface area (Å²) in [6.45, 7) is 1.25. The third kappa shape index (κ3) is 1.59. The van der Waals surface area contributed by atoms with Crippen LogP contribution in [0.5, 0.6) is 0 Å². The van der Waals surface area contributed by atoms with Crippen molar-refractivity contribution in [1.29, 1.82) is 0 Å². The van der Waals surface area contributed by atoms with Crippen molar-refractivity contribution in [1.82, 2.24) is 5.32 Å². The number of ether oxygens (including phenoxy) is 2. The van der Waals surface area contributed by atoms with Crippen LogP contribution in [0.25, 0.3) is 0 Å². The number of carbonyl (C=O) groups is 1. The summed E-state index contributed by atoms with van der Waals surface area (Å²) in [5.74, 6) is -0.221. The zero-order chi connectivity index (χ0) is 9.03. The van der Waals surface area contributed by atoms with E-state index in [9.17, 15) is 4.79 Å². The first kappa shape index (κ1) is 9.48. The Kier molecular flexibility index (Phi) is 3.05. The lowest BCUT2D eigenvalue weighted by Gasteiger charge is -2.24. The van der Waals surface area contributed by atoms with Crippen LogP contribution in [0.1, 0.15) is 12.8 Å². The first-order valence-electron chi connectivity index (χ1n) is 4.07. The lowest BCUT2D eigenvalue weighted by atomic mass is 9.99. The summed E-state index contributed by atoms with van der Waals surface area (Å²) in [6, 6.07) is 0. The molecule has 1 rings (SSSR count). The van der Waals surface area contributed by atoms with Crippen LogP contribution in [0.15, 0.2) is 0 Å². The van der Waals surface area contributed by atoms with E-state index in [2.05, 4.69) is 5.32 Å². The summed E-state index contributed by atoms with van der Waals surface area (Å²) in [4.78, 5) is 11.4. The SMILES string of the molecule is COC[C@@]1(C(=O)OC)CCCN1. The molecule has 1 heterocycles. The maximum Gasteiger partial charge on any atom is 0.328 e. The Morgan fingerprint density at radius 1 is 1.58 bits per heavy atom. The van der Waals surface area contributed by atoms with Crippen LogP contribution in [0, 0.1) is 0 Å². The smallest absolute Gasteiger partial charge is 0.328 e. The molecule has 0 amide bonds. The molecule has 0 saturated carbocycles. The second kappa shape index (κ2) is 3.87. The number of carbonyl (C=O) groups excluding carboxylic acids is 1. The van der Waals surface area contributed by atoms with Crippen LogP contribution in [0.3, 0.4) is 0 Å². The molecule has 0 unspecified atom stereocenters. The van der Waals surface area contributed by atoms with Gasteiger partial charge in [0.05, 0.1) is 13.7 Å². The Balaban J connectivity index is 2.64. The fourth-order valence-corrected chi connectivity index (χ4v) is 1.60. The number of methoxy groups -OCH3 is 2. The second-order valence-corrected chi connectivity index (χ2v) is 3.04. The van der Waals surface area contributed by atoms with E-state index in [-0.39, 0.29) is 5.97 Å². The predicted octanol–water partition coefficient (Wildman–Crippen LogP) is -0.0720. The van der Waals surface area contributed by atoms with Gasteiger partial charge >= 0.3 is 5.97 Å². The normalized spacial score (nSPS) is 28.8. The van der Waals surface area contributed by atoms with E-state index in [0.717, 1.165) is 19.4 Å². The minimum atomic E-state index is -0.580. The van der Waals surface area contributed by atoms with E-state index < -0.39 is 5.54 Å². The number of hydrogen-bond acceptors (Lipinski definition) is 4. The minimum absolute atomic E-state index is 0.221. The van der Waals surface area contributed by atoms with Gasteiger partial charge in [0.1, 0.15) is 5.54 Å². The van der Waals surface area contributed by atoms with Gasteiger partial charge in [0, 0.05) is 7.11 Å². The lowest BCUT2D eigenvalue weighted by Crippen LogP contribution is -2.51. The zero-order valence-electron chi connectivity index (χ0n) is 7.55. The minimum Gasteiger partial charge on any atom is -0.468 e. The molecular formula is C8H15NO3. The third-order valence-corrected chi connectivity index (χ3v) is 2.21. The summed E-state index contributed by atoms with van der Waals surface area (Å²) in [7, 11) is 2.99. The summed E-state index contributed by atoms with van der Waals surface area (Å²) in [6.07, 6.45) is 1.80. The van der Waals surface area contributed by atoms with Crippen molar-refractivity contribution in [2.45, 2.75) is 18.4 Å². The van der Waals surface area contributed by atoms with Crippen LogP contribution >= 0.6 is 0 Å². The monoisotopic (exact) mass is 173 g/mol. The molecule has 1 fully saturated rings. The lowest BCUT2D eigenvalue weighted by molar-refractivity contribution is -0.150. The Morgan fingerprint density at radius 3 is 2.75 bits per heavy atom. The number of nitrogens with one attached hydrogen (secondary N) is 1.